The van der Waals surface area contributed by atoms with E-state index in [9.17, 15) is 0 Å². The zero-order chi connectivity index (χ0) is 14.8. The summed E-state index contributed by atoms with van der Waals surface area (Å²) in [6, 6.07) is 12.8. The maximum Gasteiger partial charge on any atom is 0.0769 e. The molecule has 110 valence electrons. The van der Waals surface area contributed by atoms with Crippen LogP contribution < -0.4 is 0 Å². The number of hydrogen-bond donors (Lipinski definition) is 0. The van der Waals surface area contributed by atoms with E-state index in [1.165, 1.54) is 27.5 Å². The van der Waals surface area contributed by atoms with Crippen molar-refractivity contribution in [3.05, 3.63) is 70.5 Å². The van der Waals surface area contributed by atoms with Crippen LogP contribution in [-0.4, -0.2) is 11.0 Å². The number of fused-ring (bicyclic) bond motifs is 1. The van der Waals surface area contributed by atoms with Crippen LogP contribution in [0.25, 0.3) is 0 Å². The molecule has 3 heteroatoms. The van der Waals surface area contributed by atoms with Crippen LogP contribution in [0.1, 0.15) is 24.1 Å². The van der Waals surface area contributed by atoms with Crippen LogP contribution in [0.15, 0.2) is 75.5 Å². The van der Waals surface area contributed by atoms with Crippen molar-refractivity contribution in [2.24, 2.45) is 4.99 Å². The van der Waals surface area contributed by atoms with E-state index in [1.54, 1.807) is 11.3 Å². The summed E-state index contributed by atoms with van der Waals surface area (Å²) in [5, 5.41) is 2.59. The number of rotatable bonds is 2. The van der Waals surface area contributed by atoms with Crippen LogP contribution in [0.5, 0.6) is 0 Å². The SMILES string of the molecule is C1=CC(C2CC(c3cccs3)=Nc3ccccc3S2)=CCC1. The van der Waals surface area contributed by atoms with E-state index in [-0.39, 0.29) is 0 Å². The Hall–Kier alpha value is -1.58. The molecule has 0 radical (unpaired) electrons. The molecule has 22 heavy (non-hydrogen) atoms. The van der Waals surface area contributed by atoms with Crippen molar-refractivity contribution in [3.63, 3.8) is 0 Å². The number of benzene rings is 1. The standard InChI is InChI=1S/C19H17NS2/c1-2-7-14(8-3-1)19-13-16(17-11-6-12-21-17)20-15-9-4-5-10-18(15)22-19/h2,4-12,19H,1,3,13H2. The summed E-state index contributed by atoms with van der Waals surface area (Å²) in [5.74, 6) is 0. The topological polar surface area (TPSA) is 12.4 Å². The predicted molar refractivity (Wildman–Crippen MR) is 97.7 cm³/mol. The normalized spacial score (nSPS) is 20.8. The van der Waals surface area contributed by atoms with Gasteiger partial charge in [-0.15, -0.1) is 23.1 Å². The molecule has 0 spiro atoms. The third-order valence-corrected chi connectivity index (χ3v) is 6.21. The van der Waals surface area contributed by atoms with E-state index in [1.807, 2.05) is 11.8 Å². The third-order valence-electron chi connectivity index (χ3n) is 3.97. The largest absolute Gasteiger partial charge is 0.251 e. The number of thiophene rings is 1. The van der Waals surface area contributed by atoms with Gasteiger partial charge in [0.1, 0.15) is 0 Å². The Morgan fingerprint density at radius 2 is 2.00 bits per heavy atom. The van der Waals surface area contributed by atoms with Gasteiger partial charge in [-0.3, -0.25) is 4.99 Å². The smallest absolute Gasteiger partial charge is 0.0769 e. The van der Waals surface area contributed by atoms with Crippen LogP contribution in [0, 0.1) is 0 Å². The number of thioether (sulfide) groups is 1. The summed E-state index contributed by atoms with van der Waals surface area (Å²) in [6.07, 6.45) is 10.3. The molecule has 1 atom stereocenters. The first-order valence-corrected chi connectivity index (χ1v) is 9.40. The number of hydrogen-bond acceptors (Lipinski definition) is 3. The molecule has 1 unspecified atom stereocenters. The quantitative estimate of drug-likeness (QED) is 0.659. The van der Waals surface area contributed by atoms with Crippen molar-refractivity contribution in [1.82, 2.24) is 0 Å². The monoisotopic (exact) mass is 323 g/mol. The molecule has 0 bridgehead atoms. The first-order valence-electron chi connectivity index (χ1n) is 7.64. The number of allylic oxidation sites excluding steroid dienone is 3. The maximum atomic E-state index is 4.98. The van der Waals surface area contributed by atoms with Crippen molar-refractivity contribution in [1.29, 1.82) is 0 Å². The molecule has 4 rings (SSSR count). The third kappa shape index (κ3) is 2.83. The fraction of sp³-hybridized carbons (Fsp3) is 0.211. The second-order valence-electron chi connectivity index (χ2n) is 5.50. The molecule has 1 aromatic carbocycles. The average Bonchev–Trinajstić information content (AvgIpc) is 3.03. The van der Waals surface area contributed by atoms with Gasteiger partial charge in [0.05, 0.1) is 11.4 Å². The molecule has 0 fully saturated rings. The van der Waals surface area contributed by atoms with E-state index < -0.39 is 0 Å². The van der Waals surface area contributed by atoms with Crippen molar-refractivity contribution in [2.75, 3.05) is 0 Å². The van der Waals surface area contributed by atoms with Crippen molar-refractivity contribution >= 4 is 34.5 Å². The minimum absolute atomic E-state index is 0.459. The highest BCUT2D eigenvalue weighted by Gasteiger charge is 2.23. The van der Waals surface area contributed by atoms with Crippen molar-refractivity contribution < 1.29 is 0 Å². The van der Waals surface area contributed by atoms with Gasteiger partial charge in [-0.2, -0.15) is 0 Å². The van der Waals surface area contributed by atoms with E-state index in [0.717, 1.165) is 18.5 Å². The zero-order valence-electron chi connectivity index (χ0n) is 12.2. The van der Waals surface area contributed by atoms with E-state index in [4.69, 9.17) is 4.99 Å². The van der Waals surface area contributed by atoms with Gasteiger partial charge in [0.2, 0.25) is 0 Å². The first-order chi connectivity index (χ1) is 10.9. The lowest BCUT2D eigenvalue weighted by Crippen LogP contribution is -2.12. The second kappa shape index (κ2) is 6.27. The summed E-state index contributed by atoms with van der Waals surface area (Å²) < 4.78 is 0. The van der Waals surface area contributed by atoms with Crippen LogP contribution in [0.4, 0.5) is 5.69 Å². The number of nitrogens with zero attached hydrogens (tertiary/aromatic N) is 1. The lowest BCUT2D eigenvalue weighted by atomic mass is 10.00. The second-order valence-corrected chi connectivity index (χ2v) is 7.69. The molecular formula is C19H17NS2. The molecule has 1 nitrogen and oxygen atoms in total. The Morgan fingerprint density at radius 1 is 1.05 bits per heavy atom. The Balaban J connectivity index is 1.77. The van der Waals surface area contributed by atoms with Gasteiger partial charge in [0.25, 0.3) is 0 Å². The highest BCUT2D eigenvalue weighted by Crippen LogP contribution is 2.41. The Bertz CT molecular complexity index is 754. The summed E-state index contributed by atoms with van der Waals surface area (Å²) >= 11 is 3.74. The molecule has 0 N–H and O–H groups in total. The highest BCUT2D eigenvalue weighted by atomic mass is 32.2. The van der Waals surface area contributed by atoms with Gasteiger partial charge in [-0.05, 0) is 42.0 Å². The van der Waals surface area contributed by atoms with Gasteiger partial charge < -0.3 is 0 Å². The molecule has 1 aliphatic heterocycles. The van der Waals surface area contributed by atoms with Gasteiger partial charge in [0, 0.05) is 21.4 Å². The van der Waals surface area contributed by atoms with Crippen LogP contribution in [-0.2, 0) is 0 Å². The van der Waals surface area contributed by atoms with Crippen LogP contribution in [0.3, 0.4) is 0 Å². The first kappa shape index (κ1) is 14.0. The Morgan fingerprint density at radius 3 is 2.82 bits per heavy atom. The predicted octanol–water partition coefficient (Wildman–Crippen LogP) is 6.01. The minimum atomic E-state index is 0.459. The fourth-order valence-corrected chi connectivity index (χ4v) is 4.84. The molecule has 1 aliphatic carbocycles. The van der Waals surface area contributed by atoms with E-state index in [2.05, 4.69) is 60.0 Å². The highest BCUT2D eigenvalue weighted by molar-refractivity contribution is 8.00. The summed E-state index contributed by atoms with van der Waals surface area (Å²) in [6.45, 7) is 0. The number of para-hydroxylation sites is 1. The zero-order valence-corrected chi connectivity index (χ0v) is 13.9. The molecule has 2 aliphatic rings. The molecule has 2 aromatic rings. The summed E-state index contributed by atoms with van der Waals surface area (Å²) in [4.78, 5) is 7.57. The fourth-order valence-electron chi connectivity index (χ4n) is 2.87. The van der Waals surface area contributed by atoms with Crippen molar-refractivity contribution in [3.8, 4) is 0 Å². The molecule has 0 saturated carbocycles. The van der Waals surface area contributed by atoms with E-state index in [0.29, 0.717) is 5.25 Å². The van der Waals surface area contributed by atoms with Crippen molar-refractivity contribution in [2.45, 2.75) is 29.4 Å². The molecule has 0 saturated heterocycles. The lowest BCUT2D eigenvalue weighted by molar-refractivity contribution is 0.970. The minimum Gasteiger partial charge on any atom is -0.251 e. The molecule has 1 aromatic heterocycles. The van der Waals surface area contributed by atoms with Gasteiger partial charge in [-0.25, -0.2) is 0 Å². The Labute approximate surface area is 139 Å². The van der Waals surface area contributed by atoms with Gasteiger partial charge in [-0.1, -0.05) is 36.4 Å². The van der Waals surface area contributed by atoms with Gasteiger partial charge >= 0.3 is 0 Å². The maximum absolute atomic E-state index is 4.98. The van der Waals surface area contributed by atoms with E-state index >= 15 is 0 Å². The molecule has 0 amide bonds. The molecular weight excluding hydrogens is 306 g/mol. The molecule has 2 heterocycles. The summed E-state index contributed by atoms with van der Waals surface area (Å²) in [5.41, 5.74) is 3.79. The number of aliphatic imine (C=N–C) groups is 1. The summed E-state index contributed by atoms with van der Waals surface area (Å²) in [7, 11) is 0. The average molecular weight is 323 g/mol. The van der Waals surface area contributed by atoms with Gasteiger partial charge in [0.15, 0.2) is 0 Å². The van der Waals surface area contributed by atoms with Crippen LogP contribution in [0.2, 0.25) is 0 Å². The van der Waals surface area contributed by atoms with Crippen LogP contribution >= 0.6 is 23.1 Å². The Kier molecular flexibility index (Phi) is 4.00. The lowest BCUT2D eigenvalue weighted by Gasteiger charge is -2.18.